The molecule has 0 amide bonds. The lowest BCUT2D eigenvalue weighted by Gasteiger charge is -2.26. The summed E-state index contributed by atoms with van der Waals surface area (Å²) in [4.78, 5) is 13.4. The van der Waals surface area contributed by atoms with E-state index in [1.807, 2.05) is 24.3 Å². The molecular weight excluding hydrogens is 512 g/mol. The van der Waals surface area contributed by atoms with Gasteiger partial charge in [-0.3, -0.25) is 23.5 Å². The topological polar surface area (TPSA) is 113 Å². The van der Waals surface area contributed by atoms with Gasteiger partial charge in [-0.1, -0.05) is 42.5 Å². The minimum Gasteiger partial charge on any atom is -0.375 e. The first-order valence-corrected chi connectivity index (χ1v) is 15.0. The van der Waals surface area contributed by atoms with E-state index in [1.165, 1.54) is 16.4 Å². The van der Waals surface area contributed by atoms with E-state index in [2.05, 4.69) is 10.2 Å². The number of sulfonamides is 1. The first-order chi connectivity index (χ1) is 17.8. The van der Waals surface area contributed by atoms with E-state index >= 15 is 0 Å². The first kappa shape index (κ1) is 26.8. The van der Waals surface area contributed by atoms with Crippen LogP contribution in [0.5, 0.6) is 0 Å². The second-order valence-corrected chi connectivity index (χ2v) is 12.3. The van der Waals surface area contributed by atoms with Crippen LogP contribution in [0.3, 0.4) is 0 Å². The molecule has 11 heteroatoms. The minimum absolute atomic E-state index is 0.138. The lowest BCUT2D eigenvalue weighted by atomic mass is 10.1. The fourth-order valence-corrected chi connectivity index (χ4v) is 6.86. The SMILES string of the molecule is CCN(c1ccccc1)S(=O)(=O)c1ccc(NCc2ccc(CN3CCS(=O)CC3)cc2)c([N+](=O)[O-])c1. The van der Waals surface area contributed by atoms with Crippen LogP contribution in [0.4, 0.5) is 17.1 Å². The number of rotatable bonds is 10. The number of benzene rings is 3. The highest BCUT2D eigenvalue weighted by atomic mass is 32.2. The van der Waals surface area contributed by atoms with Gasteiger partial charge in [-0.05, 0) is 42.3 Å². The maximum absolute atomic E-state index is 13.3. The molecule has 3 aromatic rings. The van der Waals surface area contributed by atoms with Crippen molar-refractivity contribution in [3.05, 3.63) is 94.0 Å². The van der Waals surface area contributed by atoms with E-state index in [-0.39, 0.29) is 22.8 Å². The Morgan fingerprint density at radius 1 is 1.00 bits per heavy atom. The van der Waals surface area contributed by atoms with Crippen molar-refractivity contribution in [2.24, 2.45) is 0 Å². The van der Waals surface area contributed by atoms with Gasteiger partial charge in [-0.25, -0.2) is 8.42 Å². The highest BCUT2D eigenvalue weighted by molar-refractivity contribution is 7.92. The van der Waals surface area contributed by atoms with Gasteiger partial charge in [-0.2, -0.15) is 0 Å². The normalized spacial score (nSPS) is 14.8. The number of hydrogen-bond acceptors (Lipinski definition) is 7. The Balaban J connectivity index is 1.46. The van der Waals surface area contributed by atoms with Crippen LogP contribution >= 0.6 is 0 Å². The van der Waals surface area contributed by atoms with Crippen molar-refractivity contribution in [2.75, 3.05) is 40.8 Å². The quantitative estimate of drug-likeness (QED) is 0.304. The van der Waals surface area contributed by atoms with Gasteiger partial charge < -0.3 is 5.32 Å². The van der Waals surface area contributed by atoms with Gasteiger partial charge in [0.15, 0.2) is 0 Å². The van der Waals surface area contributed by atoms with Crippen LogP contribution in [0, 0.1) is 10.1 Å². The number of nitrogens with zero attached hydrogens (tertiary/aromatic N) is 3. The largest absolute Gasteiger partial charge is 0.375 e. The summed E-state index contributed by atoms with van der Waals surface area (Å²) in [6.07, 6.45) is 0. The molecule has 37 heavy (non-hydrogen) atoms. The van der Waals surface area contributed by atoms with Crippen molar-refractivity contribution in [2.45, 2.75) is 24.9 Å². The number of anilines is 2. The number of nitrogens with one attached hydrogen (secondary N) is 1. The molecule has 0 bridgehead atoms. The molecule has 0 spiro atoms. The first-order valence-electron chi connectivity index (χ1n) is 12.0. The summed E-state index contributed by atoms with van der Waals surface area (Å²) in [5.41, 5.74) is 2.53. The maximum Gasteiger partial charge on any atom is 0.293 e. The number of nitro groups is 1. The Labute approximate surface area is 219 Å². The van der Waals surface area contributed by atoms with Crippen LogP contribution in [0.25, 0.3) is 0 Å². The van der Waals surface area contributed by atoms with Gasteiger partial charge in [0, 0.05) is 61.1 Å². The number of hydrogen-bond donors (Lipinski definition) is 1. The Kier molecular flexibility index (Phi) is 8.57. The third kappa shape index (κ3) is 6.54. The Morgan fingerprint density at radius 2 is 1.65 bits per heavy atom. The fraction of sp³-hybridized carbons (Fsp3) is 0.308. The summed E-state index contributed by atoms with van der Waals surface area (Å²) in [5, 5.41) is 14.9. The average molecular weight is 543 g/mol. The van der Waals surface area contributed by atoms with E-state index in [9.17, 15) is 22.7 Å². The summed E-state index contributed by atoms with van der Waals surface area (Å²) < 4.78 is 39.3. The zero-order valence-electron chi connectivity index (χ0n) is 20.6. The lowest BCUT2D eigenvalue weighted by Crippen LogP contribution is -2.37. The van der Waals surface area contributed by atoms with Gasteiger partial charge in [0.1, 0.15) is 5.69 Å². The van der Waals surface area contributed by atoms with Crippen molar-refractivity contribution in [1.82, 2.24) is 4.90 Å². The van der Waals surface area contributed by atoms with Crippen LogP contribution in [-0.4, -0.2) is 53.6 Å². The molecule has 9 nitrogen and oxygen atoms in total. The molecule has 0 aliphatic carbocycles. The second kappa shape index (κ2) is 11.8. The van der Waals surface area contributed by atoms with Crippen LogP contribution < -0.4 is 9.62 Å². The fourth-order valence-electron chi connectivity index (χ4n) is 4.24. The van der Waals surface area contributed by atoms with Crippen molar-refractivity contribution >= 4 is 37.9 Å². The van der Waals surface area contributed by atoms with Crippen LogP contribution in [-0.2, 0) is 33.9 Å². The van der Waals surface area contributed by atoms with Crippen molar-refractivity contribution in [3.8, 4) is 0 Å². The highest BCUT2D eigenvalue weighted by Crippen LogP contribution is 2.31. The van der Waals surface area contributed by atoms with Crippen molar-refractivity contribution in [3.63, 3.8) is 0 Å². The van der Waals surface area contributed by atoms with E-state index in [4.69, 9.17) is 0 Å². The Bertz CT molecular complexity index is 1360. The summed E-state index contributed by atoms with van der Waals surface area (Å²) in [5.74, 6) is 1.42. The number of para-hydroxylation sites is 1. The number of nitro benzene ring substituents is 1. The van der Waals surface area contributed by atoms with Crippen molar-refractivity contribution < 1.29 is 17.6 Å². The van der Waals surface area contributed by atoms with Crippen LogP contribution in [0.2, 0.25) is 0 Å². The predicted molar refractivity (Wildman–Crippen MR) is 147 cm³/mol. The Morgan fingerprint density at radius 3 is 2.27 bits per heavy atom. The minimum atomic E-state index is -3.98. The van der Waals surface area contributed by atoms with E-state index in [0.717, 1.165) is 36.8 Å². The zero-order chi connectivity index (χ0) is 26.4. The maximum atomic E-state index is 13.3. The van der Waals surface area contributed by atoms with Gasteiger partial charge in [0.05, 0.1) is 15.5 Å². The van der Waals surface area contributed by atoms with E-state index < -0.39 is 25.7 Å². The molecule has 4 rings (SSSR count). The summed E-state index contributed by atoms with van der Waals surface area (Å²) in [6.45, 7) is 4.70. The molecule has 0 aromatic heterocycles. The molecule has 1 aliphatic heterocycles. The summed E-state index contributed by atoms with van der Waals surface area (Å²) in [7, 11) is -4.69. The Hall–Kier alpha value is -3.28. The van der Waals surface area contributed by atoms with E-state index in [0.29, 0.717) is 23.7 Å². The molecule has 0 unspecified atom stereocenters. The summed E-state index contributed by atoms with van der Waals surface area (Å²) >= 11 is 0. The molecule has 196 valence electrons. The molecule has 0 radical (unpaired) electrons. The molecule has 1 N–H and O–H groups in total. The molecule has 1 fully saturated rings. The van der Waals surface area contributed by atoms with Gasteiger partial charge in [-0.15, -0.1) is 0 Å². The van der Waals surface area contributed by atoms with Crippen molar-refractivity contribution in [1.29, 1.82) is 0 Å². The monoisotopic (exact) mass is 542 g/mol. The third-order valence-electron chi connectivity index (χ3n) is 6.27. The smallest absolute Gasteiger partial charge is 0.293 e. The van der Waals surface area contributed by atoms with E-state index in [1.54, 1.807) is 37.3 Å². The highest BCUT2D eigenvalue weighted by Gasteiger charge is 2.27. The second-order valence-electron chi connectivity index (χ2n) is 8.74. The standard InChI is InChI=1S/C26H30N4O5S2/c1-2-29(23-6-4-3-5-7-23)37(34,35)24-12-13-25(26(18-24)30(31)32)27-19-21-8-10-22(11-9-21)20-28-14-16-36(33)17-15-28/h3-13,18,27H,2,14-17,19-20H2,1H3. The predicted octanol–water partition coefficient (Wildman–Crippen LogP) is 3.99. The van der Waals surface area contributed by atoms with Crippen LogP contribution in [0.15, 0.2) is 77.7 Å². The molecule has 3 aromatic carbocycles. The molecule has 1 aliphatic rings. The molecule has 1 saturated heterocycles. The molecule has 1 heterocycles. The third-order valence-corrected chi connectivity index (χ3v) is 9.44. The van der Waals surface area contributed by atoms with Gasteiger partial charge in [0.2, 0.25) is 0 Å². The zero-order valence-corrected chi connectivity index (χ0v) is 22.2. The van der Waals surface area contributed by atoms with Crippen LogP contribution in [0.1, 0.15) is 18.1 Å². The molecule has 0 saturated carbocycles. The summed E-state index contributed by atoms with van der Waals surface area (Å²) in [6, 6.07) is 20.6. The lowest BCUT2D eigenvalue weighted by molar-refractivity contribution is -0.384. The van der Waals surface area contributed by atoms with Gasteiger partial charge >= 0.3 is 0 Å². The average Bonchev–Trinajstić information content (AvgIpc) is 2.90. The molecule has 0 atom stereocenters. The molecular formula is C26H30N4O5S2. The van der Waals surface area contributed by atoms with Gasteiger partial charge in [0.25, 0.3) is 15.7 Å².